The van der Waals surface area contributed by atoms with Crippen LogP contribution in [0.25, 0.3) is 5.70 Å². The van der Waals surface area contributed by atoms with Gasteiger partial charge in [0.05, 0.1) is 23.3 Å². The van der Waals surface area contributed by atoms with Crippen LogP contribution in [0.4, 0.5) is 0 Å². The van der Waals surface area contributed by atoms with Gasteiger partial charge in [0.2, 0.25) is 0 Å². The molecule has 1 aromatic rings. The molecule has 2 unspecified atom stereocenters. The third kappa shape index (κ3) is 4.39. The molecule has 0 aromatic carbocycles. The van der Waals surface area contributed by atoms with Crippen molar-refractivity contribution < 1.29 is 8.42 Å². The molecule has 0 radical (unpaired) electrons. The number of aryl methyl sites for hydroxylation is 1. The van der Waals surface area contributed by atoms with E-state index in [0.29, 0.717) is 18.0 Å². The Hall–Kier alpha value is -2.15. The van der Waals surface area contributed by atoms with Gasteiger partial charge in [0.15, 0.2) is 14.9 Å². The lowest BCUT2D eigenvalue weighted by Crippen LogP contribution is -2.31. The number of fused-ring (bicyclic) bond motifs is 1. The van der Waals surface area contributed by atoms with Crippen molar-refractivity contribution in [3.63, 3.8) is 0 Å². The van der Waals surface area contributed by atoms with Gasteiger partial charge in [0, 0.05) is 31.3 Å². The second-order valence-electron chi connectivity index (χ2n) is 8.68. The minimum absolute atomic E-state index is 0.187. The first kappa shape index (κ1) is 20.1. The first-order valence-electron chi connectivity index (χ1n) is 10.5. The van der Waals surface area contributed by atoms with Gasteiger partial charge >= 0.3 is 0 Å². The third-order valence-electron chi connectivity index (χ3n) is 6.11. The van der Waals surface area contributed by atoms with Crippen LogP contribution in [0, 0.1) is 11.8 Å². The van der Waals surface area contributed by atoms with E-state index >= 15 is 0 Å². The zero-order valence-electron chi connectivity index (χ0n) is 17.5. The molecule has 2 aliphatic heterocycles. The maximum Gasteiger partial charge on any atom is 0.194 e. The Morgan fingerprint density at radius 1 is 1.14 bits per heavy atom. The molecule has 29 heavy (non-hydrogen) atoms. The van der Waals surface area contributed by atoms with E-state index in [4.69, 9.17) is 0 Å². The molecule has 0 spiro atoms. The minimum Gasteiger partial charge on any atom is -0.313 e. The summed E-state index contributed by atoms with van der Waals surface area (Å²) < 4.78 is 26.9. The van der Waals surface area contributed by atoms with Crippen molar-refractivity contribution in [2.24, 2.45) is 23.9 Å². The first-order chi connectivity index (χ1) is 13.8. The number of hydrogen-bond acceptors (Lipinski definition) is 5. The molecular weight excluding hydrogens is 384 g/mol. The largest absolute Gasteiger partial charge is 0.313 e. The quantitative estimate of drug-likeness (QED) is 0.693. The van der Waals surface area contributed by atoms with E-state index in [-0.39, 0.29) is 5.04 Å². The highest BCUT2D eigenvalue weighted by molar-refractivity contribution is 8.06. The van der Waals surface area contributed by atoms with Crippen LogP contribution in [0.3, 0.4) is 0 Å². The maximum atomic E-state index is 12.6. The molecule has 156 valence electrons. The van der Waals surface area contributed by atoms with E-state index in [1.54, 1.807) is 4.68 Å². The second kappa shape index (κ2) is 7.94. The van der Waals surface area contributed by atoms with Gasteiger partial charge in [-0.15, -0.1) is 0 Å². The van der Waals surface area contributed by atoms with Crippen LogP contribution < -0.4 is 0 Å². The van der Waals surface area contributed by atoms with E-state index in [1.807, 2.05) is 36.6 Å². The molecule has 0 saturated heterocycles. The van der Waals surface area contributed by atoms with Crippen molar-refractivity contribution in [2.75, 3.05) is 6.26 Å². The fraction of sp³-hybridized carbons (Fsp3) is 0.545. The summed E-state index contributed by atoms with van der Waals surface area (Å²) in [7, 11) is -1.55. The first-order valence-corrected chi connectivity index (χ1v) is 12.4. The molecule has 6 nitrogen and oxygen atoms in total. The summed E-state index contributed by atoms with van der Waals surface area (Å²) in [5, 5.41) is 4.47. The smallest absolute Gasteiger partial charge is 0.194 e. The summed E-state index contributed by atoms with van der Waals surface area (Å²) in [6.07, 6.45) is 18.8. The highest BCUT2D eigenvalue weighted by Gasteiger charge is 2.32. The average Bonchev–Trinajstić information content (AvgIpc) is 2.99. The van der Waals surface area contributed by atoms with Crippen molar-refractivity contribution in [1.29, 1.82) is 0 Å². The van der Waals surface area contributed by atoms with Crippen molar-refractivity contribution in [1.82, 2.24) is 14.7 Å². The Balaban J connectivity index is 1.68. The third-order valence-corrected chi connectivity index (χ3v) is 7.11. The molecule has 0 N–H and O–H groups in total. The summed E-state index contributed by atoms with van der Waals surface area (Å²) >= 11 is 0. The Kier molecular flexibility index (Phi) is 5.51. The SMILES string of the molecule is CC1CCCC(CC2=CN3C(=CCC=C3c3cnn(C)c3)C(S(C)(=O)=O)=N2)CC1. The highest BCUT2D eigenvalue weighted by atomic mass is 32.2. The molecule has 0 bridgehead atoms. The normalized spacial score (nSPS) is 25.4. The van der Waals surface area contributed by atoms with Gasteiger partial charge in [-0.05, 0) is 31.1 Å². The maximum absolute atomic E-state index is 12.6. The Morgan fingerprint density at radius 3 is 2.66 bits per heavy atom. The monoisotopic (exact) mass is 414 g/mol. The van der Waals surface area contributed by atoms with E-state index in [1.165, 1.54) is 38.4 Å². The Labute approximate surface area is 173 Å². The number of aromatic nitrogens is 2. The van der Waals surface area contributed by atoms with Crippen LogP contribution >= 0.6 is 0 Å². The number of sulfone groups is 1. The zero-order chi connectivity index (χ0) is 20.6. The molecular formula is C22H30N4O2S. The van der Waals surface area contributed by atoms with Gasteiger partial charge in [-0.2, -0.15) is 5.10 Å². The van der Waals surface area contributed by atoms with Gasteiger partial charge in [0.25, 0.3) is 0 Å². The summed E-state index contributed by atoms with van der Waals surface area (Å²) in [6, 6.07) is 0. The molecule has 1 fully saturated rings. The molecule has 1 saturated carbocycles. The van der Waals surface area contributed by atoms with Crippen molar-refractivity contribution >= 4 is 20.6 Å². The molecule has 1 aliphatic carbocycles. The molecule has 3 aliphatic rings. The van der Waals surface area contributed by atoms with E-state index in [0.717, 1.165) is 29.3 Å². The van der Waals surface area contributed by atoms with E-state index in [9.17, 15) is 8.42 Å². The van der Waals surface area contributed by atoms with Gasteiger partial charge in [-0.25, -0.2) is 13.4 Å². The molecule has 1 aromatic heterocycles. The van der Waals surface area contributed by atoms with Gasteiger partial charge < -0.3 is 4.90 Å². The summed E-state index contributed by atoms with van der Waals surface area (Å²) in [6.45, 7) is 2.33. The fourth-order valence-electron chi connectivity index (χ4n) is 4.55. The minimum atomic E-state index is -3.44. The Bertz CT molecular complexity index is 1010. The second-order valence-corrected chi connectivity index (χ2v) is 10.6. The predicted molar refractivity (Wildman–Crippen MR) is 116 cm³/mol. The highest BCUT2D eigenvalue weighted by Crippen LogP contribution is 2.37. The molecule has 2 atom stereocenters. The lowest BCUT2D eigenvalue weighted by Gasteiger charge is -2.33. The number of aliphatic imine (C=N–C) groups is 1. The summed E-state index contributed by atoms with van der Waals surface area (Å²) in [5.41, 5.74) is 3.47. The van der Waals surface area contributed by atoms with Crippen molar-refractivity contribution in [2.45, 2.75) is 51.9 Å². The number of nitrogens with zero attached hydrogens (tertiary/aromatic N) is 4. The summed E-state index contributed by atoms with van der Waals surface area (Å²) in [4.78, 5) is 6.64. The van der Waals surface area contributed by atoms with Crippen LogP contribution in [0.2, 0.25) is 0 Å². The lowest BCUT2D eigenvalue weighted by molar-refractivity contribution is 0.438. The van der Waals surface area contributed by atoms with Crippen LogP contribution in [-0.4, -0.2) is 34.4 Å². The Morgan fingerprint density at radius 2 is 1.93 bits per heavy atom. The average molecular weight is 415 g/mol. The standard InChI is InChI=1S/C22H30N4O2S/c1-16-6-4-7-17(11-10-16)12-19-15-26-20(18-13-23-25(2)14-18)8-5-9-21(26)22(24-19)29(3,27)28/h8-9,13-17H,4-7,10-12H2,1-3H3. The predicted octanol–water partition coefficient (Wildman–Crippen LogP) is 4.26. The van der Waals surface area contributed by atoms with Crippen LogP contribution in [0.1, 0.15) is 57.4 Å². The number of allylic oxidation sites excluding steroid dienone is 3. The number of rotatable bonds is 3. The van der Waals surface area contributed by atoms with Gasteiger partial charge in [0.1, 0.15) is 0 Å². The van der Waals surface area contributed by atoms with Gasteiger partial charge in [-0.3, -0.25) is 4.68 Å². The van der Waals surface area contributed by atoms with Crippen molar-refractivity contribution in [3.05, 3.63) is 47.7 Å². The molecule has 3 heterocycles. The van der Waals surface area contributed by atoms with Crippen molar-refractivity contribution in [3.8, 4) is 0 Å². The molecule has 7 heteroatoms. The molecule has 0 amide bonds. The van der Waals surface area contributed by atoms with Crippen LogP contribution in [-0.2, 0) is 16.9 Å². The molecule has 4 rings (SSSR count). The fourth-order valence-corrected chi connectivity index (χ4v) is 5.39. The topological polar surface area (TPSA) is 67.6 Å². The number of hydrogen-bond donors (Lipinski definition) is 0. The summed E-state index contributed by atoms with van der Waals surface area (Å²) in [5.74, 6) is 1.35. The lowest BCUT2D eigenvalue weighted by atomic mass is 9.94. The zero-order valence-corrected chi connectivity index (χ0v) is 18.3. The van der Waals surface area contributed by atoms with Crippen LogP contribution in [0.5, 0.6) is 0 Å². The van der Waals surface area contributed by atoms with Crippen LogP contribution in [0.15, 0.2) is 47.1 Å². The van der Waals surface area contributed by atoms with E-state index < -0.39 is 9.84 Å². The van der Waals surface area contributed by atoms with E-state index in [2.05, 4.69) is 23.1 Å². The van der Waals surface area contributed by atoms with Gasteiger partial charge in [-0.1, -0.05) is 44.8 Å².